The van der Waals surface area contributed by atoms with Crippen LogP contribution in [0.2, 0.25) is 5.02 Å². The Morgan fingerprint density at radius 2 is 1.97 bits per heavy atom. The van der Waals surface area contributed by atoms with Crippen molar-refractivity contribution in [1.82, 2.24) is 9.97 Å². The van der Waals surface area contributed by atoms with E-state index in [0.29, 0.717) is 33.8 Å². The van der Waals surface area contributed by atoms with Gasteiger partial charge in [0.15, 0.2) is 5.75 Å². The van der Waals surface area contributed by atoms with Crippen LogP contribution in [0.5, 0.6) is 22.6 Å². The number of benzene rings is 2. The molecule has 2 aromatic heterocycles. The summed E-state index contributed by atoms with van der Waals surface area (Å²) in [6, 6.07) is 12.1. The maximum atomic E-state index is 12.6. The number of nitrogens with zero attached hydrogens (tertiary/aromatic N) is 1. The Morgan fingerprint density at radius 3 is 2.68 bits per heavy atom. The van der Waals surface area contributed by atoms with Crippen LogP contribution < -0.4 is 10.1 Å². The molecule has 4 N–H and O–H groups in total. The van der Waals surface area contributed by atoms with Crippen LogP contribution in [0.15, 0.2) is 42.5 Å². The number of hydrogen-bond acceptors (Lipinski definition) is 6. The molecule has 0 saturated heterocycles. The highest BCUT2D eigenvalue weighted by Crippen LogP contribution is 2.34. The molecule has 9 heteroatoms. The molecular formula is C22H20ClN3O4S. The number of carbonyl (C=O) groups excluding carboxylic acids is 1. The number of fused-ring (bicyclic) bond motifs is 1. The number of ether oxygens (including phenoxy) is 1. The second-order valence-electron chi connectivity index (χ2n) is 7.45. The minimum Gasteiger partial charge on any atom is -0.505 e. The number of anilines is 1. The number of aromatic hydroxyl groups is 2. The quantitative estimate of drug-likeness (QED) is 0.287. The van der Waals surface area contributed by atoms with E-state index >= 15 is 0 Å². The van der Waals surface area contributed by atoms with Crippen molar-refractivity contribution in [3.63, 3.8) is 0 Å². The topological polar surface area (TPSA) is 107 Å². The van der Waals surface area contributed by atoms with Gasteiger partial charge in [-0.1, -0.05) is 36.8 Å². The molecule has 0 aliphatic heterocycles. The Balaban J connectivity index is 1.46. The largest absolute Gasteiger partial charge is 0.505 e. The number of amides is 1. The lowest BCUT2D eigenvalue weighted by atomic mass is 10.1. The zero-order valence-electron chi connectivity index (χ0n) is 16.8. The number of halogens is 1. The van der Waals surface area contributed by atoms with Crippen LogP contribution in [-0.2, 0) is 6.42 Å². The number of carbonyl (C=O) groups is 1. The molecule has 1 amide bonds. The Bertz CT molecular complexity index is 1250. The molecular weight excluding hydrogens is 438 g/mol. The van der Waals surface area contributed by atoms with Crippen LogP contribution in [0.3, 0.4) is 0 Å². The summed E-state index contributed by atoms with van der Waals surface area (Å²) in [5.74, 6) is -0.409. The predicted octanol–water partition coefficient (Wildman–Crippen LogP) is 5.93. The van der Waals surface area contributed by atoms with E-state index < -0.39 is 5.91 Å². The first-order valence-corrected chi connectivity index (χ1v) is 10.8. The van der Waals surface area contributed by atoms with E-state index in [1.165, 1.54) is 11.3 Å². The standard InChI is InChI=1S/C22H20ClN3O4S/c1-11(2)9-16-19(27)18(21(29)25-16)20(28)24-13-4-6-14(7-5-13)30-22-26-15-8-3-12(23)10-17(15)31-22/h3-8,10-11,25,27,29H,9H2,1-2H3,(H,24,28). The molecule has 4 aromatic rings. The van der Waals surface area contributed by atoms with E-state index in [2.05, 4.69) is 15.3 Å². The van der Waals surface area contributed by atoms with Crippen molar-refractivity contribution in [2.75, 3.05) is 5.32 Å². The summed E-state index contributed by atoms with van der Waals surface area (Å²) in [4.78, 5) is 19.6. The van der Waals surface area contributed by atoms with Gasteiger partial charge in [-0.3, -0.25) is 4.79 Å². The van der Waals surface area contributed by atoms with Gasteiger partial charge >= 0.3 is 0 Å². The summed E-state index contributed by atoms with van der Waals surface area (Å²) in [5, 5.41) is 24.1. The Kier molecular flexibility index (Phi) is 5.75. The van der Waals surface area contributed by atoms with Crippen molar-refractivity contribution in [2.24, 2.45) is 5.92 Å². The molecule has 0 fully saturated rings. The van der Waals surface area contributed by atoms with Crippen molar-refractivity contribution in [2.45, 2.75) is 20.3 Å². The van der Waals surface area contributed by atoms with E-state index in [1.807, 2.05) is 26.0 Å². The van der Waals surface area contributed by atoms with Gasteiger partial charge in [-0.15, -0.1) is 0 Å². The summed E-state index contributed by atoms with van der Waals surface area (Å²) in [6.45, 7) is 3.95. The molecule has 0 aliphatic rings. The smallest absolute Gasteiger partial charge is 0.279 e. The van der Waals surface area contributed by atoms with Crippen LogP contribution in [0.4, 0.5) is 5.69 Å². The van der Waals surface area contributed by atoms with E-state index in [4.69, 9.17) is 16.3 Å². The van der Waals surface area contributed by atoms with E-state index in [1.54, 1.807) is 30.3 Å². The number of rotatable bonds is 6. The first kappa shape index (κ1) is 21.0. The molecule has 31 heavy (non-hydrogen) atoms. The van der Waals surface area contributed by atoms with Crippen LogP contribution >= 0.6 is 22.9 Å². The third kappa shape index (κ3) is 4.60. The molecule has 4 rings (SSSR count). The van der Waals surface area contributed by atoms with Crippen molar-refractivity contribution < 1.29 is 19.7 Å². The lowest BCUT2D eigenvalue weighted by molar-refractivity contribution is 0.102. The van der Waals surface area contributed by atoms with Crippen LogP contribution in [-0.4, -0.2) is 26.1 Å². The second-order valence-corrected chi connectivity index (χ2v) is 8.88. The van der Waals surface area contributed by atoms with Gasteiger partial charge in [0.1, 0.15) is 11.3 Å². The average Bonchev–Trinajstić information content (AvgIpc) is 3.22. The number of thiazole rings is 1. The third-order valence-electron chi connectivity index (χ3n) is 4.52. The Morgan fingerprint density at radius 1 is 1.23 bits per heavy atom. The maximum absolute atomic E-state index is 12.6. The van der Waals surface area contributed by atoms with Gasteiger partial charge in [-0.25, -0.2) is 4.98 Å². The minimum absolute atomic E-state index is 0.177. The van der Waals surface area contributed by atoms with Crippen molar-refractivity contribution in [1.29, 1.82) is 0 Å². The number of nitrogens with one attached hydrogen (secondary N) is 2. The summed E-state index contributed by atoms with van der Waals surface area (Å²) in [6.07, 6.45) is 0.511. The lowest BCUT2D eigenvalue weighted by Crippen LogP contribution is -2.11. The first-order chi connectivity index (χ1) is 14.8. The van der Waals surface area contributed by atoms with Gasteiger partial charge in [-0.2, -0.15) is 0 Å². The Labute approximate surface area is 187 Å². The fourth-order valence-electron chi connectivity index (χ4n) is 3.12. The molecule has 0 radical (unpaired) electrons. The highest BCUT2D eigenvalue weighted by atomic mass is 35.5. The summed E-state index contributed by atoms with van der Waals surface area (Å²) in [5.41, 5.74) is 1.54. The fourth-order valence-corrected chi connectivity index (χ4v) is 4.23. The maximum Gasteiger partial charge on any atom is 0.279 e. The van der Waals surface area contributed by atoms with Gasteiger partial charge in [0, 0.05) is 10.7 Å². The van der Waals surface area contributed by atoms with Gasteiger partial charge in [0.25, 0.3) is 11.1 Å². The zero-order valence-corrected chi connectivity index (χ0v) is 18.3. The van der Waals surface area contributed by atoms with Crippen LogP contribution in [0, 0.1) is 5.92 Å². The van der Waals surface area contributed by atoms with Crippen LogP contribution in [0.1, 0.15) is 29.9 Å². The highest BCUT2D eigenvalue weighted by Gasteiger charge is 2.23. The molecule has 0 saturated carbocycles. The SMILES string of the molecule is CC(C)Cc1[nH]c(O)c(C(=O)Nc2ccc(Oc3nc4ccc(Cl)cc4s3)cc2)c1O. The first-order valence-electron chi connectivity index (χ1n) is 9.58. The number of aromatic nitrogens is 2. The van der Waals surface area contributed by atoms with Crippen molar-refractivity contribution in [3.8, 4) is 22.6 Å². The monoisotopic (exact) mass is 457 g/mol. The number of hydrogen-bond donors (Lipinski definition) is 4. The average molecular weight is 458 g/mol. The number of H-pyrrole nitrogens is 1. The van der Waals surface area contributed by atoms with E-state index in [9.17, 15) is 15.0 Å². The zero-order chi connectivity index (χ0) is 22.1. The normalized spacial score (nSPS) is 11.2. The van der Waals surface area contributed by atoms with Crippen molar-refractivity contribution >= 4 is 44.7 Å². The molecule has 0 bridgehead atoms. The lowest BCUT2D eigenvalue weighted by Gasteiger charge is -2.07. The second kappa shape index (κ2) is 8.49. The fraction of sp³-hybridized carbons (Fsp3) is 0.182. The Hall–Kier alpha value is -3.23. The molecule has 2 aromatic carbocycles. The summed E-state index contributed by atoms with van der Waals surface area (Å²) >= 11 is 7.39. The van der Waals surface area contributed by atoms with Crippen molar-refractivity contribution in [3.05, 3.63) is 58.7 Å². The molecule has 0 atom stereocenters. The van der Waals surface area contributed by atoms with Gasteiger partial charge in [-0.05, 0) is 54.8 Å². The van der Waals surface area contributed by atoms with Gasteiger partial charge in [0.2, 0.25) is 5.88 Å². The number of aromatic amines is 1. The minimum atomic E-state index is -0.613. The molecule has 7 nitrogen and oxygen atoms in total. The predicted molar refractivity (Wildman–Crippen MR) is 122 cm³/mol. The highest BCUT2D eigenvalue weighted by molar-refractivity contribution is 7.20. The summed E-state index contributed by atoms with van der Waals surface area (Å²) in [7, 11) is 0. The van der Waals surface area contributed by atoms with Gasteiger partial charge in [0.05, 0.1) is 15.9 Å². The van der Waals surface area contributed by atoms with E-state index in [-0.39, 0.29) is 23.1 Å². The summed E-state index contributed by atoms with van der Waals surface area (Å²) < 4.78 is 6.72. The molecule has 0 unspecified atom stereocenters. The van der Waals surface area contributed by atoms with Crippen LogP contribution in [0.25, 0.3) is 10.2 Å². The molecule has 0 aliphatic carbocycles. The molecule has 160 valence electrons. The van der Waals surface area contributed by atoms with E-state index in [0.717, 1.165) is 10.2 Å². The van der Waals surface area contributed by atoms with Gasteiger partial charge < -0.3 is 25.3 Å². The third-order valence-corrected chi connectivity index (χ3v) is 5.65. The molecule has 0 spiro atoms. The molecule has 2 heterocycles.